The van der Waals surface area contributed by atoms with Crippen molar-refractivity contribution in [1.82, 2.24) is 4.98 Å². The highest BCUT2D eigenvalue weighted by Gasteiger charge is 2.07. The van der Waals surface area contributed by atoms with Crippen LogP contribution in [0.15, 0.2) is 128 Å². The normalized spacial score (nSPS) is 11.3. The lowest BCUT2D eigenvalue weighted by molar-refractivity contribution is 0.640. The van der Waals surface area contributed by atoms with Crippen LogP contribution in [-0.4, -0.2) is 4.98 Å². The van der Waals surface area contributed by atoms with Crippen molar-refractivity contribution in [2.24, 2.45) is 0 Å². The molecule has 1 heterocycles. The molecule has 0 atom stereocenters. The Morgan fingerprint density at radius 2 is 1.13 bits per heavy atom. The first-order chi connectivity index (χ1) is 18.8. The number of aromatic nitrogens is 1. The first-order valence-electron chi connectivity index (χ1n) is 13.8. The standard InChI is InChI=1S/C37H33N/c1(4-11-28-12-6-3-7-13-28)2-5-14-29-15-10-17-31(25-29)32-23-24-38-37(27-32)34-21-22-36-33(26-34)20-19-30-16-8-9-18-35(30)36/h3,6-10,12-13,15-27H,1-2,4-5,11,14H2. The zero-order chi connectivity index (χ0) is 25.6. The van der Waals surface area contributed by atoms with Crippen LogP contribution in [0.5, 0.6) is 0 Å². The molecule has 0 N–H and O–H groups in total. The summed E-state index contributed by atoms with van der Waals surface area (Å²) < 4.78 is 0. The molecule has 0 spiro atoms. The number of hydrogen-bond acceptors (Lipinski definition) is 1. The fourth-order valence-electron chi connectivity index (χ4n) is 5.50. The van der Waals surface area contributed by atoms with Gasteiger partial charge in [0, 0.05) is 11.8 Å². The van der Waals surface area contributed by atoms with Gasteiger partial charge in [-0.1, -0.05) is 116 Å². The Hall–Kier alpha value is -4.23. The number of benzene rings is 5. The topological polar surface area (TPSA) is 12.9 Å². The van der Waals surface area contributed by atoms with E-state index in [1.807, 2.05) is 6.20 Å². The summed E-state index contributed by atoms with van der Waals surface area (Å²) in [6, 6.07) is 43.9. The summed E-state index contributed by atoms with van der Waals surface area (Å²) in [5.74, 6) is 0. The Morgan fingerprint density at radius 1 is 0.421 bits per heavy atom. The maximum absolute atomic E-state index is 4.73. The van der Waals surface area contributed by atoms with Gasteiger partial charge >= 0.3 is 0 Å². The van der Waals surface area contributed by atoms with E-state index in [1.54, 1.807) is 0 Å². The van der Waals surface area contributed by atoms with Crippen molar-refractivity contribution in [1.29, 1.82) is 0 Å². The van der Waals surface area contributed by atoms with E-state index >= 15 is 0 Å². The second kappa shape index (κ2) is 11.4. The Balaban J connectivity index is 1.13. The molecule has 0 aliphatic heterocycles. The third-order valence-electron chi connectivity index (χ3n) is 7.58. The second-order valence-corrected chi connectivity index (χ2v) is 10.3. The fourth-order valence-corrected chi connectivity index (χ4v) is 5.50. The van der Waals surface area contributed by atoms with Crippen LogP contribution in [0.25, 0.3) is 43.9 Å². The number of unbranched alkanes of at least 4 members (excludes halogenated alkanes) is 3. The number of fused-ring (bicyclic) bond motifs is 3. The van der Waals surface area contributed by atoms with Crippen molar-refractivity contribution in [2.45, 2.75) is 38.5 Å². The maximum Gasteiger partial charge on any atom is 0.0708 e. The number of pyridine rings is 1. The molecule has 38 heavy (non-hydrogen) atoms. The maximum atomic E-state index is 4.73. The van der Waals surface area contributed by atoms with Crippen molar-refractivity contribution in [2.75, 3.05) is 0 Å². The molecule has 0 saturated carbocycles. The van der Waals surface area contributed by atoms with Crippen LogP contribution in [0, 0.1) is 0 Å². The summed E-state index contributed by atoms with van der Waals surface area (Å²) in [5, 5.41) is 5.11. The molecule has 0 fully saturated rings. The predicted octanol–water partition coefficient (Wildman–Crippen LogP) is 10.1. The molecule has 5 aromatic carbocycles. The molecule has 1 aromatic heterocycles. The molecule has 6 aromatic rings. The van der Waals surface area contributed by atoms with E-state index in [4.69, 9.17) is 4.98 Å². The van der Waals surface area contributed by atoms with Crippen molar-refractivity contribution in [3.63, 3.8) is 0 Å². The van der Waals surface area contributed by atoms with Gasteiger partial charge in [0.2, 0.25) is 0 Å². The molecule has 0 radical (unpaired) electrons. The van der Waals surface area contributed by atoms with Crippen LogP contribution in [0.3, 0.4) is 0 Å². The Bertz CT molecular complexity index is 1670. The summed E-state index contributed by atoms with van der Waals surface area (Å²) >= 11 is 0. The molecule has 6 rings (SSSR count). The summed E-state index contributed by atoms with van der Waals surface area (Å²) in [4.78, 5) is 4.73. The lowest BCUT2D eigenvalue weighted by Gasteiger charge is -2.09. The van der Waals surface area contributed by atoms with Crippen molar-refractivity contribution in [3.8, 4) is 22.4 Å². The average molecular weight is 492 g/mol. The van der Waals surface area contributed by atoms with Crippen LogP contribution < -0.4 is 0 Å². The molecule has 1 nitrogen and oxygen atoms in total. The van der Waals surface area contributed by atoms with Crippen LogP contribution in [-0.2, 0) is 12.8 Å². The van der Waals surface area contributed by atoms with Gasteiger partial charge < -0.3 is 0 Å². The zero-order valence-electron chi connectivity index (χ0n) is 21.8. The monoisotopic (exact) mass is 491 g/mol. The molecule has 0 saturated heterocycles. The summed E-state index contributed by atoms with van der Waals surface area (Å²) in [6.45, 7) is 0. The largest absolute Gasteiger partial charge is 0.256 e. The van der Waals surface area contributed by atoms with Gasteiger partial charge in [-0.25, -0.2) is 0 Å². The highest BCUT2D eigenvalue weighted by atomic mass is 14.7. The molecule has 0 unspecified atom stereocenters. The van der Waals surface area contributed by atoms with E-state index in [2.05, 4.69) is 121 Å². The number of aryl methyl sites for hydroxylation is 2. The van der Waals surface area contributed by atoms with Crippen LogP contribution in [0.4, 0.5) is 0 Å². The van der Waals surface area contributed by atoms with Gasteiger partial charge in [-0.3, -0.25) is 4.98 Å². The van der Waals surface area contributed by atoms with E-state index in [1.165, 1.54) is 75.9 Å². The number of rotatable bonds is 9. The molecule has 1 heteroatoms. The smallest absolute Gasteiger partial charge is 0.0708 e. The summed E-state index contributed by atoms with van der Waals surface area (Å²) in [5.41, 5.74) is 7.53. The van der Waals surface area contributed by atoms with Crippen molar-refractivity contribution >= 4 is 21.5 Å². The molecule has 0 aliphatic carbocycles. The van der Waals surface area contributed by atoms with E-state index in [-0.39, 0.29) is 0 Å². The van der Waals surface area contributed by atoms with Gasteiger partial charge in [-0.05, 0) is 87.7 Å². The number of hydrogen-bond donors (Lipinski definition) is 0. The van der Waals surface area contributed by atoms with Crippen molar-refractivity contribution in [3.05, 3.63) is 139 Å². The van der Waals surface area contributed by atoms with Gasteiger partial charge in [-0.15, -0.1) is 0 Å². The molecular formula is C37H33N. The van der Waals surface area contributed by atoms with Gasteiger partial charge in [0.1, 0.15) is 0 Å². The van der Waals surface area contributed by atoms with Crippen LogP contribution >= 0.6 is 0 Å². The van der Waals surface area contributed by atoms with E-state index in [0.29, 0.717) is 0 Å². The van der Waals surface area contributed by atoms with Crippen molar-refractivity contribution < 1.29 is 0 Å². The molecular weight excluding hydrogens is 458 g/mol. The number of nitrogens with zero attached hydrogens (tertiary/aromatic N) is 1. The average Bonchev–Trinajstić information content (AvgIpc) is 2.99. The van der Waals surface area contributed by atoms with Gasteiger partial charge in [0.05, 0.1) is 5.69 Å². The first kappa shape index (κ1) is 24.1. The summed E-state index contributed by atoms with van der Waals surface area (Å²) in [6.07, 6.45) is 9.36. The lowest BCUT2D eigenvalue weighted by Crippen LogP contribution is -1.90. The fraction of sp³-hybridized carbons (Fsp3) is 0.162. The Morgan fingerprint density at radius 3 is 2.03 bits per heavy atom. The third-order valence-corrected chi connectivity index (χ3v) is 7.58. The second-order valence-electron chi connectivity index (χ2n) is 10.3. The van der Waals surface area contributed by atoms with Gasteiger partial charge in [0.15, 0.2) is 0 Å². The quantitative estimate of drug-likeness (QED) is 0.145. The minimum Gasteiger partial charge on any atom is -0.256 e. The van der Waals surface area contributed by atoms with E-state index in [0.717, 1.165) is 17.7 Å². The SMILES string of the molecule is c1ccc(CCCCCCc2cccc(-c3ccnc(-c4ccc5c(ccc6ccccc65)c4)c3)c2)cc1. The Labute approximate surface area is 225 Å². The van der Waals surface area contributed by atoms with Gasteiger partial charge in [-0.2, -0.15) is 0 Å². The van der Waals surface area contributed by atoms with Crippen LogP contribution in [0.1, 0.15) is 36.8 Å². The highest BCUT2D eigenvalue weighted by Crippen LogP contribution is 2.31. The first-order valence-corrected chi connectivity index (χ1v) is 13.8. The van der Waals surface area contributed by atoms with Crippen LogP contribution in [0.2, 0.25) is 0 Å². The van der Waals surface area contributed by atoms with E-state index < -0.39 is 0 Å². The lowest BCUT2D eigenvalue weighted by atomic mass is 9.97. The van der Waals surface area contributed by atoms with E-state index in [9.17, 15) is 0 Å². The molecule has 0 bridgehead atoms. The summed E-state index contributed by atoms with van der Waals surface area (Å²) in [7, 11) is 0. The molecule has 186 valence electrons. The molecule has 0 amide bonds. The third kappa shape index (κ3) is 5.53. The Kier molecular flexibility index (Phi) is 7.26. The highest BCUT2D eigenvalue weighted by molar-refractivity contribution is 6.08. The zero-order valence-corrected chi connectivity index (χ0v) is 21.8. The predicted molar refractivity (Wildman–Crippen MR) is 162 cm³/mol. The minimum absolute atomic E-state index is 1.02. The van der Waals surface area contributed by atoms with Gasteiger partial charge in [0.25, 0.3) is 0 Å². The molecule has 0 aliphatic rings. The minimum atomic E-state index is 1.02.